The average Bonchev–Trinajstić information content (AvgIpc) is 2.60. The van der Waals surface area contributed by atoms with Crippen molar-refractivity contribution in [1.82, 2.24) is 0 Å². The molecule has 1 aliphatic rings. The van der Waals surface area contributed by atoms with Gasteiger partial charge in [0.25, 0.3) is 0 Å². The zero-order chi connectivity index (χ0) is 11.1. The number of rotatable bonds is 1. The molecule has 0 radical (unpaired) electrons. The van der Waals surface area contributed by atoms with Gasteiger partial charge in [-0.05, 0) is 37.5 Å². The van der Waals surface area contributed by atoms with Crippen LogP contribution in [0.3, 0.4) is 0 Å². The molecule has 82 valence electrons. The second-order valence-corrected chi connectivity index (χ2v) is 4.44. The van der Waals surface area contributed by atoms with Gasteiger partial charge in [0, 0.05) is 11.1 Å². The van der Waals surface area contributed by atoms with Crippen LogP contribution in [0.15, 0.2) is 12.1 Å². The van der Waals surface area contributed by atoms with Crippen LogP contribution in [0.4, 0.5) is 8.78 Å². The molecule has 1 aromatic rings. The number of halogens is 2. The third-order valence-electron chi connectivity index (χ3n) is 3.28. The Kier molecular flexibility index (Phi) is 2.51. The Morgan fingerprint density at radius 3 is 2.33 bits per heavy atom. The lowest BCUT2D eigenvalue weighted by Gasteiger charge is -2.25. The number of nitrogens with two attached hydrogens (primary N) is 1. The Morgan fingerprint density at radius 2 is 1.73 bits per heavy atom. The monoisotopic (exact) mass is 211 g/mol. The summed E-state index contributed by atoms with van der Waals surface area (Å²) >= 11 is 0. The maximum absolute atomic E-state index is 13.7. The van der Waals surface area contributed by atoms with E-state index in [1.54, 1.807) is 6.92 Å². The average molecular weight is 211 g/mol. The second kappa shape index (κ2) is 3.56. The molecule has 0 bridgehead atoms. The van der Waals surface area contributed by atoms with Crippen molar-refractivity contribution >= 4 is 0 Å². The van der Waals surface area contributed by atoms with Crippen molar-refractivity contribution in [3.63, 3.8) is 0 Å². The minimum Gasteiger partial charge on any atom is -0.321 e. The molecule has 0 amide bonds. The maximum Gasteiger partial charge on any atom is 0.128 e. The highest BCUT2D eigenvalue weighted by molar-refractivity contribution is 5.31. The molecule has 1 aromatic carbocycles. The smallest absolute Gasteiger partial charge is 0.128 e. The van der Waals surface area contributed by atoms with Gasteiger partial charge < -0.3 is 5.73 Å². The lowest BCUT2D eigenvalue weighted by Crippen LogP contribution is -2.34. The van der Waals surface area contributed by atoms with Gasteiger partial charge in [0.05, 0.1) is 0 Å². The molecule has 3 heteroatoms. The summed E-state index contributed by atoms with van der Waals surface area (Å²) < 4.78 is 27.0. The SMILES string of the molecule is Cc1cc(F)c(C2(N)CCCC2)cc1F. The summed E-state index contributed by atoms with van der Waals surface area (Å²) in [5.41, 5.74) is 6.11. The molecule has 0 spiro atoms. The Labute approximate surface area is 88.3 Å². The lowest BCUT2D eigenvalue weighted by molar-refractivity contribution is 0.428. The fourth-order valence-corrected chi connectivity index (χ4v) is 2.30. The first-order valence-electron chi connectivity index (χ1n) is 5.28. The van der Waals surface area contributed by atoms with Crippen LogP contribution in [0.1, 0.15) is 36.8 Å². The number of hydrogen-bond acceptors (Lipinski definition) is 1. The highest BCUT2D eigenvalue weighted by atomic mass is 19.1. The Bertz CT molecular complexity index is 381. The number of benzene rings is 1. The molecular formula is C12H15F2N. The minimum atomic E-state index is -0.654. The van der Waals surface area contributed by atoms with E-state index in [4.69, 9.17) is 5.73 Å². The van der Waals surface area contributed by atoms with Gasteiger partial charge in [-0.15, -0.1) is 0 Å². The third-order valence-corrected chi connectivity index (χ3v) is 3.28. The summed E-state index contributed by atoms with van der Waals surface area (Å²) in [5.74, 6) is -0.749. The van der Waals surface area contributed by atoms with E-state index in [1.807, 2.05) is 0 Å². The van der Waals surface area contributed by atoms with Gasteiger partial charge in [0.2, 0.25) is 0 Å². The summed E-state index contributed by atoms with van der Waals surface area (Å²) in [7, 11) is 0. The number of aryl methyl sites for hydroxylation is 1. The molecule has 0 heterocycles. The van der Waals surface area contributed by atoms with Crippen LogP contribution >= 0.6 is 0 Å². The first kappa shape index (κ1) is 10.6. The molecule has 1 aliphatic carbocycles. The number of hydrogen-bond donors (Lipinski definition) is 1. The van der Waals surface area contributed by atoms with Gasteiger partial charge in [-0.1, -0.05) is 12.8 Å². The van der Waals surface area contributed by atoms with E-state index < -0.39 is 5.54 Å². The molecule has 0 unspecified atom stereocenters. The molecule has 0 atom stereocenters. The normalized spacial score (nSPS) is 19.5. The van der Waals surface area contributed by atoms with Crippen LogP contribution in [0.5, 0.6) is 0 Å². The fourth-order valence-electron chi connectivity index (χ4n) is 2.30. The molecule has 15 heavy (non-hydrogen) atoms. The quantitative estimate of drug-likeness (QED) is 0.759. The van der Waals surface area contributed by atoms with E-state index in [2.05, 4.69) is 0 Å². The molecule has 1 saturated carbocycles. The zero-order valence-electron chi connectivity index (χ0n) is 8.82. The topological polar surface area (TPSA) is 26.0 Å². The van der Waals surface area contributed by atoms with Crippen molar-refractivity contribution in [2.45, 2.75) is 38.1 Å². The van der Waals surface area contributed by atoms with Crippen molar-refractivity contribution in [2.75, 3.05) is 0 Å². The zero-order valence-corrected chi connectivity index (χ0v) is 8.82. The molecule has 0 aliphatic heterocycles. The van der Waals surface area contributed by atoms with Crippen molar-refractivity contribution in [1.29, 1.82) is 0 Å². The summed E-state index contributed by atoms with van der Waals surface area (Å²) in [6, 6.07) is 2.49. The highest BCUT2D eigenvalue weighted by Gasteiger charge is 2.34. The van der Waals surface area contributed by atoms with Gasteiger partial charge in [-0.3, -0.25) is 0 Å². The minimum absolute atomic E-state index is 0.331. The van der Waals surface area contributed by atoms with E-state index in [0.29, 0.717) is 11.1 Å². The third kappa shape index (κ3) is 1.76. The van der Waals surface area contributed by atoms with Crippen molar-refractivity contribution in [3.05, 3.63) is 34.9 Å². The Balaban J connectivity index is 2.48. The van der Waals surface area contributed by atoms with E-state index in [-0.39, 0.29) is 11.6 Å². The summed E-state index contributed by atoms with van der Waals surface area (Å²) in [6.07, 6.45) is 3.47. The maximum atomic E-state index is 13.7. The van der Waals surface area contributed by atoms with Crippen LogP contribution in [0.25, 0.3) is 0 Å². The van der Waals surface area contributed by atoms with E-state index in [0.717, 1.165) is 25.7 Å². The first-order valence-corrected chi connectivity index (χ1v) is 5.28. The van der Waals surface area contributed by atoms with Crippen LogP contribution in [-0.2, 0) is 5.54 Å². The Hall–Kier alpha value is -0.960. The fraction of sp³-hybridized carbons (Fsp3) is 0.500. The van der Waals surface area contributed by atoms with E-state index >= 15 is 0 Å². The standard InChI is InChI=1S/C12H15F2N/c1-8-6-11(14)9(7-10(8)13)12(15)4-2-3-5-12/h6-7H,2-5,15H2,1H3. The van der Waals surface area contributed by atoms with Gasteiger partial charge in [0.15, 0.2) is 0 Å². The van der Waals surface area contributed by atoms with E-state index in [1.165, 1.54) is 12.1 Å². The Morgan fingerprint density at radius 1 is 1.13 bits per heavy atom. The lowest BCUT2D eigenvalue weighted by atomic mass is 9.88. The summed E-state index contributed by atoms with van der Waals surface area (Å²) in [6.45, 7) is 1.56. The highest BCUT2D eigenvalue weighted by Crippen LogP contribution is 2.38. The van der Waals surface area contributed by atoms with Crippen LogP contribution in [0.2, 0.25) is 0 Å². The predicted octanol–water partition coefficient (Wildman–Crippen LogP) is 3.00. The van der Waals surface area contributed by atoms with Gasteiger partial charge in [-0.25, -0.2) is 8.78 Å². The molecular weight excluding hydrogens is 196 g/mol. The summed E-state index contributed by atoms with van der Waals surface area (Å²) in [4.78, 5) is 0. The van der Waals surface area contributed by atoms with E-state index in [9.17, 15) is 8.78 Å². The molecule has 0 saturated heterocycles. The van der Waals surface area contributed by atoms with Crippen molar-refractivity contribution in [3.8, 4) is 0 Å². The van der Waals surface area contributed by atoms with Gasteiger partial charge >= 0.3 is 0 Å². The van der Waals surface area contributed by atoms with Crippen molar-refractivity contribution < 1.29 is 8.78 Å². The first-order chi connectivity index (χ1) is 7.03. The molecule has 2 N–H and O–H groups in total. The molecule has 1 nitrogen and oxygen atoms in total. The van der Waals surface area contributed by atoms with Crippen LogP contribution in [0, 0.1) is 18.6 Å². The molecule has 2 rings (SSSR count). The molecule has 1 fully saturated rings. The summed E-state index contributed by atoms with van der Waals surface area (Å²) in [5, 5.41) is 0. The van der Waals surface area contributed by atoms with Gasteiger partial charge in [-0.2, -0.15) is 0 Å². The predicted molar refractivity (Wildman–Crippen MR) is 55.4 cm³/mol. The van der Waals surface area contributed by atoms with Crippen LogP contribution < -0.4 is 5.73 Å². The van der Waals surface area contributed by atoms with Gasteiger partial charge in [0.1, 0.15) is 11.6 Å². The van der Waals surface area contributed by atoms with Crippen molar-refractivity contribution in [2.24, 2.45) is 5.73 Å². The van der Waals surface area contributed by atoms with Crippen LogP contribution in [-0.4, -0.2) is 0 Å². The molecule has 0 aromatic heterocycles. The second-order valence-electron chi connectivity index (χ2n) is 4.44. The largest absolute Gasteiger partial charge is 0.321 e.